The van der Waals surface area contributed by atoms with Gasteiger partial charge in [-0.15, -0.1) is 0 Å². The third-order valence-electron chi connectivity index (χ3n) is 4.00. The second kappa shape index (κ2) is 6.72. The maximum atomic E-state index is 5.88. The molecule has 1 fully saturated rings. The first-order valence-electron chi connectivity index (χ1n) is 7.65. The maximum absolute atomic E-state index is 5.88. The van der Waals surface area contributed by atoms with Gasteiger partial charge in [0.2, 0.25) is 0 Å². The lowest BCUT2D eigenvalue weighted by Crippen LogP contribution is -2.28. The van der Waals surface area contributed by atoms with Crippen molar-refractivity contribution in [2.75, 3.05) is 32.1 Å². The minimum atomic E-state index is 0.602. The highest BCUT2D eigenvalue weighted by Gasteiger charge is 2.14. The Balaban J connectivity index is 1.67. The van der Waals surface area contributed by atoms with Crippen LogP contribution in [0.2, 0.25) is 0 Å². The van der Waals surface area contributed by atoms with Crippen molar-refractivity contribution < 1.29 is 4.74 Å². The molecule has 1 aromatic carbocycles. The van der Waals surface area contributed by atoms with Gasteiger partial charge in [0.25, 0.3) is 5.88 Å². The van der Waals surface area contributed by atoms with E-state index in [1.54, 1.807) is 0 Å². The predicted molar refractivity (Wildman–Crippen MR) is 84.8 cm³/mol. The molecule has 21 heavy (non-hydrogen) atoms. The van der Waals surface area contributed by atoms with Gasteiger partial charge in [-0.3, -0.25) is 0 Å². The second-order valence-electron chi connectivity index (χ2n) is 5.45. The number of nitrogens with one attached hydrogen (secondary N) is 2. The number of benzene rings is 1. The molecule has 2 N–H and O–H groups in total. The quantitative estimate of drug-likeness (QED) is 0.884. The molecular formula is C16H22N4O. The van der Waals surface area contributed by atoms with Gasteiger partial charge in [-0.1, -0.05) is 12.1 Å². The first-order valence-corrected chi connectivity index (χ1v) is 7.65. The van der Waals surface area contributed by atoms with E-state index in [9.17, 15) is 0 Å². The molecule has 1 aliphatic rings. The number of hydrogen-bond acceptors (Lipinski definition) is 5. The van der Waals surface area contributed by atoms with Crippen LogP contribution in [0.3, 0.4) is 0 Å². The topological polar surface area (TPSA) is 59.1 Å². The van der Waals surface area contributed by atoms with Gasteiger partial charge in [0, 0.05) is 7.05 Å². The van der Waals surface area contributed by atoms with E-state index in [4.69, 9.17) is 4.74 Å². The zero-order chi connectivity index (χ0) is 14.5. The number of anilines is 1. The highest BCUT2D eigenvalue weighted by atomic mass is 16.5. The summed E-state index contributed by atoms with van der Waals surface area (Å²) in [6.07, 6.45) is 3.57. The summed E-state index contributed by atoms with van der Waals surface area (Å²) >= 11 is 0. The standard InChI is InChI=1S/C16H22N4O/c1-17-15-16(20-14-5-3-2-4-13(14)19-15)21-11-8-12-6-9-18-10-7-12/h2-5,12,18H,6-11H2,1H3,(H,17,19). The van der Waals surface area contributed by atoms with Gasteiger partial charge in [-0.05, 0) is 50.4 Å². The number of piperidine rings is 1. The van der Waals surface area contributed by atoms with Crippen LogP contribution < -0.4 is 15.4 Å². The third-order valence-corrected chi connectivity index (χ3v) is 4.00. The van der Waals surface area contributed by atoms with E-state index in [1.807, 2.05) is 31.3 Å². The largest absolute Gasteiger partial charge is 0.475 e. The summed E-state index contributed by atoms with van der Waals surface area (Å²) < 4.78 is 5.88. The van der Waals surface area contributed by atoms with Gasteiger partial charge in [0.15, 0.2) is 5.82 Å². The molecule has 0 spiro atoms. The van der Waals surface area contributed by atoms with Crippen molar-refractivity contribution in [2.45, 2.75) is 19.3 Å². The molecule has 5 nitrogen and oxygen atoms in total. The molecule has 112 valence electrons. The number of aromatic nitrogens is 2. The Morgan fingerprint density at radius 3 is 2.62 bits per heavy atom. The Kier molecular flexibility index (Phi) is 4.50. The molecule has 3 rings (SSSR count). The maximum Gasteiger partial charge on any atom is 0.258 e. The Morgan fingerprint density at radius 1 is 1.19 bits per heavy atom. The first-order chi connectivity index (χ1) is 10.4. The van der Waals surface area contributed by atoms with Gasteiger partial charge in [-0.25, -0.2) is 9.97 Å². The summed E-state index contributed by atoms with van der Waals surface area (Å²) in [5.41, 5.74) is 1.75. The van der Waals surface area contributed by atoms with E-state index in [0.29, 0.717) is 18.3 Å². The highest BCUT2D eigenvalue weighted by Crippen LogP contribution is 2.24. The van der Waals surface area contributed by atoms with Crippen molar-refractivity contribution in [1.82, 2.24) is 15.3 Å². The van der Waals surface area contributed by atoms with Crippen LogP contribution in [0.4, 0.5) is 5.82 Å². The van der Waals surface area contributed by atoms with E-state index in [-0.39, 0.29) is 0 Å². The molecule has 2 aromatic rings. The second-order valence-corrected chi connectivity index (χ2v) is 5.45. The molecule has 1 saturated heterocycles. The number of ether oxygens (including phenoxy) is 1. The monoisotopic (exact) mass is 286 g/mol. The number of fused-ring (bicyclic) bond motifs is 1. The summed E-state index contributed by atoms with van der Waals surface area (Å²) in [4.78, 5) is 9.12. The van der Waals surface area contributed by atoms with Crippen LogP contribution in [0.25, 0.3) is 11.0 Å². The zero-order valence-electron chi connectivity index (χ0n) is 12.4. The lowest BCUT2D eigenvalue weighted by atomic mass is 9.95. The fraction of sp³-hybridized carbons (Fsp3) is 0.500. The minimum absolute atomic E-state index is 0.602. The van der Waals surface area contributed by atoms with E-state index in [1.165, 1.54) is 12.8 Å². The third kappa shape index (κ3) is 3.42. The summed E-state index contributed by atoms with van der Waals surface area (Å²) in [7, 11) is 1.85. The molecule has 0 atom stereocenters. The summed E-state index contributed by atoms with van der Waals surface area (Å²) in [6.45, 7) is 2.96. The Hall–Kier alpha value is -1.88. The zero-order valence-corrected chi connectivity index (χ0v) is 12.4. The Morgan fingerprint density at radius 2 is 1.90 bits per heavy atom. The van der Waals surface area contributed by atoms with Crippen LogP contribution in [0.5, 0.6) is 5.88 Å². The predicted octanol–water partition coefficient (Wildman–Crippen LogP) is 2.44. The summed E-state index contributed by atoms with van der Waals surface area (Å²) in [5.74, 6) is 2.07. The molecule has 0 bridgehead atoms. The van der Waals surface area contributed by atoms with Crippen LogP contribution >= 0.6 is 0 Å². The van der Waals surface area contributed by atoms with Gasteiger partial charge in [0.1, 0.15) is 0 Å². The molecule has 0 aliphatic carbocycles. The van der Waals surface area contributed by atoms with Crippen LogP contribution in [0, 0.1) is 5.92 Å². The molecule has 1 aliphatic heterocycles. The van der Waals surface area contributed by atoms with Crippen LogP contribution in [0.15, 0.2) is 24.3 Å². The van der Waals surface area contributed by atoms with E-state index >= 15 is 0 Å². The molecule has 5 heteroatoms. The number of nitrogens with zero attached hydrogens (tertiary/aromatic N) is 2. The van der Waals surface area contributed by atoms with Crippen molar-refractivity contribution >= 4 is 16.9 Å². The number of rotatable bonds is 5. The molecule has 1 aromatic heterocycles. The summed E-state index contributed by atoms with van der Waals surface area (Å²) in [6, 6.07) is 7.85. The molecule has 0 amide bonds. The van der Waals surface area contributed by atoms with Crippen molar-refractivity contribution in [2.24, 2.45) is 5.92 Å². The average Bonchev–Trinajstić information content (AvgIpc) is 2.55. The van der Waals surface area contributed by atoms with Gasteiger partial charge >= 0.3 is 0 Å². The average molecular weight is 286 g/mol. The molecular weight excluding hydrogens is 264 g/mol. The van der Waals surface area contributed by atoms with Crippen LogP contribution in [-0.4, -0.2) is 36.7 Å². The van der Waals surface area contributed by atoms with Crippen molar-refractivity contribution in [1.29, 1.82) is 0 Å². The lowest BCUT2D eigenvalue weighted by molar-refractivity contribution is 0.246. The highest BCUT2D eigenvalue weighted by molar-refractivity contribution is 5.77. The van der Waals surface area contributed by atoms with Crippen molar-refractivity contribution in [3.05, 3.63) is 24.3 Å². The van der Waals surface area contributed by atoms with E-state index in [2.05, 4.69) is 20.6 Å². The fourth-order valence-corrected chi connectivity index (χ4v) is 2.74. The van der Waals surface area contributed by atoms with Gasteiger partial charge in [0.05, 0.1) is 17.6 Å². The SMILES string of the molecule is CNc1nc2ccccc2nc1OCCC1CCNCC1. The number of hydrogen-bond donors (Lipinski definition) is 2. The fourth-order valence-electron chi connectivity index (χ4n) is 2.74. The van der Waals surface area contributed by atoms with Crippen LogP contribution in [0.1, 0.15) is 19.3 Å². The number of para-hydroxylation sites is 2. The Labute approximate surface area is 125 Å². The summed E-state index contributed by atoms with van der Waals surface area (Å²) in [5, 5.41) is 6.46. The van der Waals surface area contributed by atoms with Crippen LogP contribution in [-0.2, 0) is 0 Å². The molecule has 0 saturated carbocycles. The van der Waals surface area contributed by atoms with E-state index in [0.717, 1.165) is 36.5 Å². The van der Waals surface area contributed by atoms with E-state index < -0.39 is 0 Å². The smallest absolute Gasteiger partial charge is 0.258 e. The van der Waals surface area contributed by atoms with Crippen molar-refractivity contribution in [3.63, 3.8) is 0 Å². The first kappa shape index (κ1) is 14.1. The van der Waals surface area contributed by atoms with Gasteiger partial charge < -0.3 is 15.4 Å². The lowest BCUT2D eigenvalue weighted by Gasteiger charge is -2.22. The molecule has 0 unspecified atom stereocenters. The molecule has 0 radical (unpaired) electrons. The Bertz CT molecular complexity index is 596. The normalized spacial score (nSPS) is 16.0. The van der Waals surface area contributed by atoms with Gasteiger partial charge in [-0.2, -0.15) is 0 Å². The minimum Gasteiger partial charge on any atom is -0.475 e. The van der Waals surface area contributed by atoms with Crippen molar-refractivity contribution in [3.8, 4) is 5.88 Å². The molecule has 2 heterocycles.